The van der Waals surface area contributed by atoms with Gasteiger partial charge in [0, 0.05) is 24.7 Å². The summed E-state index contributed by atoms with van der Waals surface area (Å²) in [6.45, 7) is 2.78. The van der Waals surface area contributed by atoms with Crippen LogP contribution in [0.2, 0.25) is 0 Å². The summed E-state index contributed by atoms with van der Waals surface area (Å²) in [6, 6.07) is 8.86. The van der Waals surface area contributed by atoms with Crippen LogP contribution in [0, 0.1) is 0 Å². The molecular weight excluding hydrogens is 370 g/mol. The number of hydrogen-bond acceptors (Lipinski definition) is 8. The van der Waals surface area contributed by atoms with Gasteiger partial charge in [-0.25, -0.2) is 23.1 Å². The second-order valence-corrected chi connectivity index (χ2v) is 7.96. The topological polar surface area (TPSA) is 110 Å². The minimum absolute atomic E-state index is 0.0813. The molecule has 2 aromatic heterocycles. The van der Waals surface area contributed by atoms with Gasteiger partial charge in [0.2, 0.25) is 16.0 Å². The largest absolute Gasteiger partial charge is 0.378 e. The number of fused-ring (bicyclic) bond motifs is 1. The lowest BCUT2D eigenvalue weighted by atomic mass is 10.2. The number of benzene rings is 1. The van der Waals surface area contributed by atoms with Gasteiger partial charge in [-0.2, -0.15) is 0 Å². The van der Waals surface area contributed by atoms with Crippen molar-refractivity contribution in [3.8, 4) is 0 Å². The van der Waals surface area contributed by atoms with Crippen molar-refractivity contribution in [2.75, 3.05) is 31.2 Å². The Morgan fingerprint density at radius 3 is 2.81 bits per heavy atom. The fourth-order valence-corrected chi connectivity index (χ4v) is 3.89. The Hall–Kier alpha value is -2.56. The van der Waals surface area contributed by atoms with Crippen molar-refractivity contribution in [3.05, 3.63) is 47.9 Å². The van der Waals surface area contributed by atoms with Crippen LogP contribution < -0.4 is 9.62 Å². The van der Waals surface area contributed by atoms with Gasteiger partial charge >= 0.3 is 0 Å². The molecule has 1 saturated heterocycles. The summed E-state index contributed by atoms with van der Waals surface area (Å²) < 4.78 is 37.9. The summed E-state index contributed by atoms with van der Waals surface area (Å²) in [5.74, 6) is 0.322. The average molecular weight is 389 g/mol. The molecule has 4 rings (SSSR count). The Morgan fingerprint density at radius 2 is 1.96 bits per heavy atom. The molecule has 0 spiro atoms. The summed E-state index contributed by atoms with van der Waals surface area (Å²) in [6.07, 6.45) is 1.63. The van der Waals surface area contributed by atoms with Crippen LogP contribution in [0.25, 0.3) is 11.0 Å². The Kier molecular flexibility index (Phi) is 5.01. The lowest BCUT2D eigenvalue weighted by Gasteiger charge is -2.26. The van der Waals surface area contributed by atoms with Crippen LogP contribution in [-0.2, 0) is 27.1 Å². The molecule has 0 saturated carbocycles. The number of anilines is 1. The smallest absolute Gasteiger partial charge is 0.225 e. The second-order valence-electron chi connectivity index (χ2n) is 6.15. The van der Waals surface area contributed by atoms with Crippen molar-refractivity contribution in [3.63, 3.8) is 0 Å². The zero-order valence-corrected chi connectivity index (χ0v) is 15.4. The first-order valence-corrected chi connectivity index (χ1v) is 10.2. The molecule has 1 fully saturated rings. The van der Waals surface area contributed by atoms with E-state index in [0.717, 1.165) is 0 Å². The standard InChI is InChI=1S/C17H19N5O4S/c23-27(24,12-15-14-3-1-2-4-16(14)26-21-15)19-11-13-5-6-18-17(20-13)22-7-9-25-10-8-22/h1-6,19H,7-12H2. The van der Waals surface area contributed by atoms with Gasteiger partial charge in [0.15, 0.2) is 5.58 Å². The fraction of sp³-hybridized carbons (Fsp3) is 0.353. The number of rotatable bonds is 6. The van der Waals surface area contributed by atoms with Crippen molar-refractivity contribution < 1.29 is 17.7 Å². The molecule has 0 radical (unpaired) electrons. The average Bonchev–Trinajstić information content (AvgIpc) is 3.10. The number of aromatic nitrogens is 3. The fourth-order valence-electron chi connectivity index (χ4n) is 2.86. The van der Waals surface area contributed by atoms with E-state index in [9.17, 15) is 8.42 Å². The third-order valence-electron chi connectivity index (χ3n) is 4.25. The van der Waals surface area contributed by atoms with Gasteiger partial charge in [-0.15, -0.1) is 0 Å². The Balaban J connectivity index is 1.43. The number of morpholine rings is 1. The van der Waals surface area contributed by atoms with Crippen LogP contribution in [0.1, 0.15) is 11.4 Å². The Morgan fingerprint density at radius 1 is 1.15 bits per heavy atom. The zero-order valence-electron chi connectivity index (χ0n) is 14.5. The summed E-state index contributed by atoms with van der Waals surface area (Å²) >= 11 is 0. The number of nitrogens with zero attached hydrogens (tertiary/aromatic N) is 4. The van der Waals surface area contributed by atoms with Crippen molar-refractivity contribution in [1.82, 2.24) is 19.8 Å². The molecule has 1 aromatic carbocycles. The molecule has 10 heteroatoms. The maximum Gasteiger partial charge on any atom is 0.225 e. The first-order chi connectivity index (χ1) is 13.1. The molecule has 0 aliphatic carbocycles. The van der Waals surface area contributed by atoms with Crippen LogP contribution in [0.5, 0.6) is 0 Å². The van der Waals surface area contributed by atoms with Crippen molar-refractivity contribution in [2.45, 2.75) is 12.3 Å². The van der Waals surface area contributed by atoms with Crippen LogP contribution >= 0.6 is 0 Å². The molecular formula is C17H19N5O4S. The first kappa shape index (κ1) is 17.8. The third-order valence-corrected chi connectivity index (χ3v) is 5.48. The highest BCUT2D eigenvalue weighted by molar-refractivity contribution is 7.88. The van der Waals surface area contributed by atoms with Gasteiger partial charge in [-0.1, -0.05) is 17.3 Å². The highest BCUT2D eigenvalue weighted by Crippen LogP contribution is 2.19. The van der Waals surface area contributed by atoms with E-state index in [-0.39, 0.29) is 12.3 Å². The first-order valence-electron chi connectivity index (χ1n) is 8.56. The van der Waals surface area contributed by atoms with Crippen molar-refractivity contribution >= 4 is 26.9 Å². The molecule has 0 bridgehead atoms. The summed E-state index contributed by atoms with van der Waals surface area (Å²) in [7, 11) is -3.60. The summed E-state index contributed by atoms with van der Waals surface area (Å²) in [5.41, 5.74) is 1.54. The molecule has 142 valence electrons. The summed E-state index contributed by atoms with van der Waals surface area (Å²) in [4.78, 5) is 10.7. The molecule has 27 heavy (non-hydrogen) atoms. The molecule has 0 amide bonds. The molecule has 1 N–H and O–H groups in total. The maximum absolute atomic E-state index is 12.4. The van der Waals surface area contributed by atoms with Crippen LogP contribution in [-0.4, -0.2) is 49.8 Å². The van der Waals surface area contributed by atoms with E-state index in [4.69, 9.17) is 9.26 Å². The molecule has 1 aliphatic rings. The quantitative estimate of drug-likeness (QED) is 0.667. The predicted octanol–water partition coefficient (Wildman–Crippen LogP) is 1.07. The number of para-hydroxylation sites is 1. The number of ether oxygens (including phenoxy) is 1. The molecule has 0 unspecified atom stereocenters. The lowest BCUT2D eigenvalue weighted by Crippen LogP contribution is -2.37. The number of nitrogens with one attached hydrogen (secondary N) is 1. The molecule has 0 atom stereocenters. The lowest BCUT2D eigenvalue weighted by molar-refractivity contribution is 0.122. The third kappa shape index (κ3) is 4.24. The monoisotopic (exact) mass is 389 g/mol. The van der Waals surface area contributed by atoms with E-state index in [0.29, 0.717) is 54.6 Å². The van der Waals surface area contributed by atoms with E-state index < -0.39 is 10.0 Å². The minimum atomic E-state index is -3.60. The van der Waals surface area contributed by atoms with Crippen LogP contribution in [0.15, 0.2) is 41.1 Å². The van der Waals surface area contributed by atoms with Gasteiger partial charge in [0.25, 0.3) is 0 Å². The summed E-state index contributed by atoms with van der Waals surface area (Å²) in [5, 5.41) is 4.57. The molecule has 9 nitrogen and oxygen atoms in total. The maximum atomic E-state index is 12.4. The van der Waals surface area contributed by atoms with Crippen LogP contribution in [0.3, 0.4) is 0 Å². The van der Waals surface area contributed by atoms with Gasteiger partial charge in [0.1, 0.15) is 11.4 Å². The molecule has 1 aliphatic heterocycles. The van der Waals surface area contributed by atoms with E-state index in [1.54, 1.807) is 24.4 Å². The highest BCUT2D eigenvalue weighted by atomic mass is 32.2. The van der Waals surface area contributed by atoms with Gasteiger partial charge in [-0.05, 0) is 18.2 Å². The second kappa shape index (κ2) is 7.59. The van der Waals surface area contributed by atoms with Gasteiger partial charge in [-0.3, -0.25) is 0 Å². The van der Waals surface area contributed by atoms with Crippen molar-refractivity contribution in [2.24, 2.45) is 0 Å². The minimum Gasteiger partial charge on any atom is -0.378 e. The number of hydrogen-bond donors (Lipinski definition) is 1. The van der Waals surface area contributed by atoms with Gasteiger partial charge < -0.3 is 14.2 Å². The SMILES string of the molecule is O=S(=O)(Cc1noc2ccccc12)NCc1ccnc(N2CCOCC2)n1. The highest BCUT2D eigenvalue weighted by Gasteiger charge is 2.18. The number of sulfonamides is 1. The predicted molar refractivity (Wildman–Crippen MR) is 98.5 cm³/mol. The van der Waals surface area contributed by atoms with E-state index >= 15 is 0 Å². The van der Waals surface area contributed by atoms with E-state index in [1.165, 1.54) is 0 Å². The van der Waals surface area contributed by atoms with Gasteiger partial charge in [0.05, 0.1) is 25.5 Å². The van der Waals surface area contributed by atoms with Crippen LogP contribution in [0.4, 0.5) is 5.95 Å². The Bertz CT molecular complexity index is 1030. The van der Waals surface area contributed by atoms with E-state index in [1.807, 2.05) is 17.0 Å². The molecule has 3 aromatic rings. The van der Waals surface area contributed by atoms with E-state index in [2.05, 4.69) is 19.8 Å². The zero-order chi connectivity index (χ0) is 18.7. The van der Waals surface area contributed by atoms with Crippen molar-refractivity contribution in [1.29, 1.82) is 0 Å². The molecule has 3 heterocycles. The normalized spacial score (nSPS) is 15.3. The Labute approximate surface area is 156 Å².